The lowest BCUT2D eigenvalue weighted by molar-refractivity contribution is -0.152. The largest absolute Gasteiger partial charge is 0.462 e. The van der Waals surface area contributed by atoms with E-state index in [9.17, 15) is 14.4 Å². The van der Waals surface area contributed by atoms with Crippen LogP contribution in [0.1, 0.15) is 182 Å². The average molecular weight is 773 g/mol. The maximum Gasteiger partial charge on any atom is 0.311 e. The number of allylic oxidation sites excluding steroid dienone is 2. The Morgan fingerprint density at radius 1 is 0.732 bits per heavy atom. The Morgan fingerprint density at radius 3 is 1.98 bits per heavy atom. The Bertz CT molecular complexity index is 1460. The molecule has 56 heavy (non-hydrogen) atoms. The number of carbonyl (C=O) groups is 3. The highest BCUT2D eigenvalue weighted by Crippen LogP contribution is 2.67. The minimum absolute atomic E-state index is 0.0376. The number of hydrogen-bond acceptors (Lipinski definition) is 6. The Morgan fingerprint density at radius 2 is 1.34 bits per heavy atom. The maximum absolute atomic E-state index is 12.9. The third-order valence-corrected chi connectivity index (χ3v) is 14.9. The molecule has 1 unspecified atom stereocenters. The Labute approximate surface area is 340 Å². The van der Waals surface area contributed by atoms with Crippen molar-refractivity contribution in [2.75, 3.05) is 0 Å². The molecule has 0 saturated heterocycles. The number of carbonyl (C=O) groups excluding carboxylic acids is 3. The minimum Gasteiger partial charge on any atom is -0.462 e. The van der Waals surface area contributed by atoms with E-state index in [4.69, 9.17) is 14.2 Å². The highest BCUT2D eigenvalue weighted by molar-refractivity contribution is 5.74. The lowest BCUT2D eigenvalue weighted by atomic mass is 9.47. The standard InChI is InChI=1S/C50H76O6/c1-7-8-9-10-11-12-13-14-20-46(51)54-39-24-26-40(27-25-39)55-47(52)21-15-16-22-48(53)56-41-31-33-49(5)38(35-41)23-28-42-44-30-29-43(37(4)19-17-18-36(2)3)50(44,6)34-32-45(42)49/h7,23-27,36-37,41-45H,1,8-22,28-35H2,2-6H3/t37-,41?,42+,43-,44+,45+,49+,50-/m1/s1. The molecule has 0 aliphatic heterocycles. The highest BCUT2D eigenvalue weighted by atomic mass is 16.5. The molecule has 1 aromatic rings. The van der Waals surface area contributed by atoms with Gasteiger partial charge >= 0.3 is 17.9 Å². The van der Waals surface area contributed by atoms with Crippen molar-refractivity contribution >= 4 is 17.9 Å². The number of esters is 3. The molecule has 3 fully saturated rings. The van der Waals surface area contributed by atoms with Gasteiger partial charge in [0.05, 0.1) is 0 Å². The minimum atomic E-state index is -0.339. The Hall–Kier alpha value is -2.89. The first kappa shape index (κ1) is 44.2. The summed E-state index contributed by atoms with van der Waals surface area (Å²) in [5, 5.41) is 0. The molecule has 0 N–H and O–H groups in total. The molecule has 0 bridgehead atoms. The van der Waals surface area contributed by atoms with E-state index < -0.39 is 0 Å². The zero-order chi connectivity index (χ0) is 40.1. The number of rotatable bonds is 22. The van der Waals surface area contributed by atoms with Crippen LogP contribution in [0.5, 0.6) is 11.5 Å². The molecule has 1 aromatic carbocycles. The van der Waals surface area contributed by atoms with E-state index in [2.05, 4.69) is 47.3 Å². The van der Waals surface area contributed by atoms with E-state index in [1.807, 2.05) is 6.08 Å². The fraction of sp³-hybridized carbons (Fsp3) is 0.740. The van der Waals surface area contributed by atoms with Crippen molar-refractivity contribution in [3.63, 3.8) is 0 Å². The predicted molar refractivity (Wildman–Crippen MR) is 226 cm³/mol. The molecule has 6 heteroatoms. The summed E-state index contributed by atoms with van der Waals surface area (Å²) in [5.41, 5.74) is 2.29. The SMILES string of the molecule is C=CCCCCCCCCC(=O)Oc1ccc(OC(=O)CCCCC(=O)OC2CC[C@@]3(C)C(=CC[C@H]4[C@@H]5CC[C@H]([C@H](C)CCCC(C)C)[C@@]5(C)CC[C@@H]43)C2)cc1. The van der Waals surface area contributed by atoms with Crippen LogP contribution in [0.25, 0.3) is 0 Å². The average Bonchev–Trinajstić information content (AvgIpc) is 3.52. The molecule has 4 aliphatic rings. The summed E-state index contributed by atoms with van der Waals surface area (Å²) in [5.74, 6) is 5.06. The van der Waals surface area contributed by atoms with Crippen molar-refractivity contribution in [2.24, 2.45) is 46.3 Å². The summed E-state index contributed by atoms with van der Waals surface area (Å²) in [6.07, 6.45) is 28.1. The first-order valence-corrected chi connectivity index (χ1v) is 22.9. The molecule has 8 atom stereocenters. The van der Waals surface area contributed by atoms with Crippen LogP contribution < -0.4 is 9.47 Å². The van der Waals surface area contributed by atoms with Crippen molar-refractivity contribution < 1.29 is 28.6 Å². The lowest BCUT2D eigenvalue weighted by Crippen LogP contribution is -2.51. The van der Waals surface area contributed by atoms with E-state index in [1.54, 1.807) is 29.8 Å². The van der Waals surface area contributed by atoms with Gasteiger partial charge in [-0.3, -0.25) is 14.4 Å². The number of ether oxygens (including phenoxy) is 3. The van der Waals surface area contributed by atoms with E-state index in [1.165, 1.54) is 70.6 Å². The smallest absolute Gasteiger partial charge is 0.311 e. The molecule has 312 valence electrons. The van der Waals surface area contributed by atoms with E-state index in [0.29, 0.717) is 42.6 Å². The van der Waals surface area contributed by atoms with Crippen LogP contribution >= 0.6 is 0 Å². The van der Waals surface area contributed by atoms with E-state index in [-0.39, 0.29) is 35.8 Å². The molecule has 4 aliphatic carbocycles. The van der Waals surface area contributed by atoms with Gasteiger partial charge in [-0.05, 0) is 148 Å². The molecule has 0 spiro atoms. The highest BCUT2D eigenvalue weighted by Gasteiger charge is 2.59. The van der Waals surface area contributed by atoms with Gasteiger partial charge in [-0.2, -0.15) is 0 Å². The van der Waals surface area contributed by atoms with Crippen LogP contribution in [0, 0.1) is 46.3 Å². The van der Waals surface area contributed by atoms with Gasteiger partial charge in [-0.1, -0.05) is 97.3 Å². The molecule has 0 radical (unpaired) electrons. The molecule has 3 saturated carbocycles. The maximum atomic E-state index is 12.9. The van der Waals surface area contributed by atoms with Crippen molar-refractivity contribution in [1.29, 1.82) is 0 Å². The zero-order valence-electron chi connectivity index (χ0n) is 35.9. The van der Waals surface area contributed by atoms with Gasteiger partial charge in [0.15, 0.2) is 0 Å². The van der Waals surface area contributed by atoms with Crippen LogP contribution in [0.3, 0.4) is 0 Å². The quantitative estimate of drug-likeness (QED) is 0.0505. The predicted octanol–water partition coefficient (Wildman–Crippen LogP) is 13.3. The molecular weight excluding hydrogens is 697 g/mol. The molecule has 0 amide bonds. The van der Waals surface area contributed by atoms with Gasteiger partial charge in [0.25, 0.3) is 0 Å². The summed E-state index contributed by atoms with van der Waals surface area (Å²) < 4.78 is 17.0. The molecule has 0 heterocycles. The van der Waals surface area contributed by atoms with Gasteiger partial charge in [-0.25, -0.2) is 0 Å². The van der Waals surface area contributed by atoms with Gasteiger partial charge in [0.1, 0.15) is 17.6 Å². The Kier molecular flexibility index (Phi) is 16.7. The van der Waals surface area contributed by atoms with Crippen LogP contribution in [0.4, 0.5) is 0 Å². The van der Waals surface area contributed by atoms with Gasteiger partial charge in [-0.15, -0.1) is 6.58 Å². The van der Waals surface area contributed by atoms with Crippen LogP contribution in [0.2, 0.25) is 0 Å². The third-order valence-electron chi connectivity index (χ3n) is 14.9. The first-order chi connectivity index (χ1) is 26.9. The summed E-state index contributed by atoms with van der Waals surface area (Å²) in [6.45, 7) is 16.2. The topological polar surface area (TPSA) is 78.9 Å². The van der Waals surface area contributed by atoms with Gasteiger partial charge < -0.3 is 14.2 Å². The van der Waals surface area contributed by atoms with Crippen molar-refractivity contribution in [1.82, 2.24) is 0 Å². The first-order valence-electron chi connectivity index (χ1n) is 22.9. The Balaban J connectivity index is 0.968. The zero-order valence-corrected chi connectivity index (χ0v) is 35.9. The van der Waals surface area contributed by atoms with Crippen molar-refractivity contribution in [3.05, 3.63) is 48.6 Å². The number of fused-ring (bicyclic) bond motifs is 5. The summed E-state index contributed by atoms with van der Waals surface area (Å²) in [4.78, 5) is 37.6. The molecular formula is C50H76O6. The third kappa shape index (κ3) is 11.8. The summed E-state index contributed by atoms with van der Waals surface area (Å²) in [6, 6.07) is 6.59. The monoisotopic (exact) mass is 773 g/mol. The van der Waals surface area contributed by atoms with Crippen molar-refractivity contribution in [3.8, 4) is 11.5 Å². The lowest BCUT2D eigenvalue weighted by Gasteiger charge is -2.58. The van der Waals surface area contributed by atoms with Gasteiger partial charge in [0, 0.05) is 25.7 Å². The normalized spacial score (nSPS) is 28.7. The molecule has 6 nitrogen and oxygen atoms in total. The second-order valence-corrected chi connectivity index (χ2v) is 19.2. The van der Waals surface area contributed by atoms with Crippen molar-refractivity contribution in [2.45, 2.75) is 188 Å². The molecule has 0 aromatic heterocycles. The second kappa shape index (κ2) is 21.2. The van der Waals surface area contributed by atoms with Crippen LogP contribution in [0.15, 0.2) is 48.6 Å². The van der Waals surface area contributed by atoms with Crippen LogP contribution in [-0.2, 0) is 19.1 Å². The second-order valence-electron chi connectivity index (χ2n) is 19.2. The number of benzene rings is 1. The number of hydrogen-bond donors (Lipinski definition) is 0. The summed E-state index contributed by atoms with van der Waals surface area (Å²) >= 11 is 0. The fourth-order valence-corrected chi connectivity index (χ4v) is 11.7. The van der Waals surface area contributed by atoms with Crippen LogP contribution in [-0.4, -0.2) is 24.0 Å². The molecule has 5 rings (SSSR count). The van der Waals surface area contributed by atoms with Gasteiger partial charge in [0.2, 0.25) is 0 Å². The number of unbranched alkanes of at least 4 members (excludes halogenated alkanes) is 7. The van der Waals surface area contributed by atoms with E-state index in [0.717, 1.165) is 80.5 Å². The van der Waals surface area contributed by atoms with E-state index >= 15 is 0 Å². The summed E-state index contributed by atoms with van der Waals surface area (Å²) in [7, 11) is 0. The fourth-order valence-electron chi connectivity index (χ4n) is 11.7.